The highest BCUT2D eigenvalue weighted by atomic mass is 35.5. The summed E-state index contributed by atoms with van der Waals surface area (Å²) in [6, 6.07) is 7.41. The molecule has 114 valence electrons. The van der Waals surface area contributed by atoms with Gasteiger partial charge in [0.05, 0.1) is 0 Å². The molecule has 1 aromatic rings. The van der Waals surface area contributed by atoms with Gasteiger partial charge in [0, 0.05) is 17.0 Å². The van der Waals surface area contributed by atoms with Gasteiger partial charge in [-0.2, -0.15) is 0 Å². The summed E-state index contributed by atoms with van der Waals surface area (Å²) in [4.78, 5) is 12.0. The highest BCUT2D eigenvalue weighted by Crippen LogP contribution is 2.29. The molecule has 0 amide bonds. The first-order valence-corrected chi connectivity index (χ1v) is 7.73. The van der Waals surface area contributed by atoms with Gasteiger partial charge in [-0.15, -0.1) is 0 Å². The fourth-order valence-corrected chi connectivity index (χ4v) is 2.86. The van der Waals surface area contributed by atoms with Crippen LogP contribution in [0.5, 0.6) is 0 Å². The lowest BCUT2D eigenvalue weighted by Crippen LogP contribution is -2.42. The van der Waals surface area contributed by atoms with Crippen molar-refractivity contribution in [2.45, 2.75) is 32.3 Å². The van der Waals surface area contributed by atoms with Crippen molar-refractivity contribution in [3.8, 4) is 0 Å². The average Bonchev–Trinajstić information content (AvgIpc) is 2.47. The van der Waals surface area contributed by atoms with Crippen LogP contribution in [0.1, 0.15) is 32.3 Å². The van der Waals surface area contributed by atoms with Crippen molar-refractivity contribution >= 4 is 23.6 Å². The van der Waals surface area contributed by atoms with Crippen molar-refractivity contribution in [2.75, 3.05) is 13.1 Å². The molecule has 4 heteroatoms. The number of piperidine rings is 1. The van der Waals surface area contributed by atoms with Crippen LogP contribution < -0.4 is 5.32 Å². The summed E-state index contributed by atoms with van der Waals surface area (Å²) in [6.45, 7) is 5.96. The van der Waals surface area contributed by atoms with E-state index in [1.54, 1.807) is 12.1 Å². The molecule has 0 atom stereocenters. The fraction of sp³-hybridized carbons (Fsp3) is 0.471. The number of hydrogen-bond donors (Lipinski definition) is 1. The first-order valence-electron chi connectivity index (χ1n) is 7.35. The zero-order chi connectivity index (χ0) is 15.3. The third kappa shape index (κ3) is 4.58. The second kappa shape index (κ2) is 7.10. The maximum atomic E-state index is 12.0. The molecule has 0 saturated carbocycles. The van der Waals surface area contributed by atoms with Gasteiger partial charge in [-0.1, -0.05) is 29.8 Å². The van der Waals surface area contributed by atoms with Crippen LogP contribution in [0, 0.1) is 5.92 Å². The van der Waals surface area contributed by atoms with Crippen LogP contribution in [0.2, 0.25) is 5.02 Å². The van der Waals surface area contributed by atoms with Gasteiger partial charge in [0.15, 0.2) is 0 Å². The Morgan fingerprint density at radius 2 is 2.00 bits per heavy atom. The van der Waals surface area contributed by atoms with E-state index >= 15 is 0 Å². The maximum Gasteiger partial charge on any atom is 0.331 e. The van der Waals surface area contributed by atoms with Crippen molar-refractivity contribution in [1.29, 1.82) is 0 Å². The molecule has 1 aliphatic rings. The zero-order valence-electron chi connectivity index (χ0n) is 12.6. The third-order valence-electron chi connectivity index (χ3n) is 3.99. The monoisotopic (exact) mass is 307 g/mol. The molecule has 0 unspecified atom stereocenters. The number of carbonyl (C=O) groups is 1. The molecule has 0 aromatic heterocycles. The van der Waals surface area contributed by atoms with Crippen LogP contribution in [0.25, 0.3) is 6.08 Å². The molecule has 1 heterocycles. The quantitative estimate of drug-likeness (QED) is 0.681. The normalized spacial score (nSPS) is 17.1. The Bertz CT molecular complexity index is 519. The van der Waals surface area contributed by atoms with Gasteiger partial charge < -0.3 is 10.1 Å². The Hall–Kier alpha value is -1.32. The van der Waals surface area contributed by atoms with Crippen LogP contribution >= 0.6 is 11.6 Å². The lowest BCUT2D eigenvalue weighted by Gasteiger charge is -2.36. The summed E-state index contributed by atoms with van der Waals surface area (Å²) in [5, 5.41) is 3.95. The molecular weight excluding hydrogens is 286 g/mol. The molecule has 3 nitrogen and oxygen atoms in total. The Labute approximate surface area is 131 Å². The standard InChI is InChI=1S/C17H22ClNO2/c1-17(2,14-9-11-19-12-10-14)21-16(20)8-7-13-5-3-4-6-15(13)18/h3-8,14,19H,9-12H2,1-2H3/b8-7+. The van der Waals surface area contributed by atoms with E-state index in [1.807, 2.05) is 32.0 Å². The van der Waals surface area contributed by atoms with Gasteiger partial charge in [-0.25, -0.2) is 4.79 Å². The third-order valence-corrected chi connectivity index (χ3v) is 4.33. The predicted octanol–water partition coefficient (Wildman–Crippen LogP) is 3.67. The van der Waals surface area contributed by atoms with Gasteiger partial charge >= 0.3 is 5.97 Å². The first-order chi connectivity index (χ1) is 9.99. The molecule has 1 N–H and O–H groups in total. The molecule has 21 heavy (non-hydrogen) atoms. The molecule has 1 aliphatic heterocycles. The van der Waals surface area contributed by atoms with E-state index in [1.165, 1.54) is 6.08 Å². The molecule has 0 aliphatic carbocycles. The van der Waals surface area contributed by atoms with Gasteiger partial charge in [0.25, 0.3) is 0 Å². The molecule has 0 spiro atoms. The highest BCUT2D eigenvalue weighted by Gasteiger charge is 2.33. The van der Waals surface area contributed by atoms with Gasteiger partial charge in [0.2, 0.25) is 0 Å². The smallest absolute Gasteiger partial charge is 0.331 e. The number of halogens is 1. The van der Waals surface area contributed by atoms with E-state index < -0.39 is 5.60 Å². The summed E-state index contributed by atoms with van der Waals surface area (Å²) in [6.07, 6.45) is 5.22. The van der Waals surface area contributed by atoms with Crippen molar-refractivity contribution in [1.82, 2.24) is 5.32 Å². The minimum atomic E-state index is -0.440. The van der Waals surface area contributed by atoms with E-state index in [0.29, 0.717) is 10.9 Å². The SMILES string of the molecule is CC(C)(OC(=O)/C=C/c1ccccc1Cl)C1CCNCC1. The van der Waals surface area contributed by atoms with Crippen LogP contribution in [0.3, 0.4) is 0 Å². The van der Waals surface area contributed by atoms with Crippen molar-refractivity contribution < 1.29 is 9.53 Å². The number of benzene rings is 1. The Morgan fingerprint density at radius 3 is 2.67 bits per heavy atom. The van der Waals surface area contributed by atoms with Gasteiger partial charge in [-0.05, 0) is 57.5 Å². The van der Waals surface area contributed by atoms with Crippen LogP contribution in [0.15, 0.2) is 30.3 Å². The number of rotatable bonds is 4. The van der Waals surface area contributed by atoms with Crippen LogP contribution in [-0.4, -0.2) is 24.7 Å². The summed E-state index contributed by atoms with van der Waals surface area (Å²) in [7, 11) is 0. The zero-order valence-corrected chi connectivity index (χ0v) is 13.3. The number of nitrogens with one attached hydrogen (secondary N) is 1. The predicted molar refractivity (Wildman–Crippen MR) is 86.3 cm³/mol. The summed E-state index contributed by atoms with van der Waals surface area (Å²) < 4.78 is 5.64. The lowest BCUT2D eigenvalue weighted by atomic mass is 9.83. The van der Waals surface area contributed by atoms with E-state index in [-0.39, 0.29) is 5.97 Å². The topological polar surface area (TPSA) is 38.3 Å². The van der Waals surface area contributed by atoms with E-state index in [0.717, 1.165) is 31.5 Å². The fourth-order valence-electron chi connectivity index (χ4n) is 2.66. The van der Waals surface area contributed by atoms with E-state index in [2.05, 4.69) is 5.32 Å². The molecule has 1 aromatic carbocycles. The second-order valence-electron chi connectivity index (χ2n) is 5.90. The van der Waals surface area contributed by atoms with Crippen LogP contribution in [0.4, 0.5) is 0 Å². The first kappa shape index (κ1) is 16.1. The highest BCUT2D eigenvalue weighted by molar-refractivity contribution is 6.32. The summed E-state index contributed by atoms with van der Waals surface area (Å²) in [5.74, 6) is 0.0786. The van der Waals surface area contributed by atoms with E-state index in [4.69, 9.17) is 16.3 Å². The number of ether oxygens (including phenoxy) is 1. The Morgan fingerprint density at radius 1 is 1.33 bits per heavy atom. The molecular formula is C17H22ClNO2. The van der Waals surface area contributed by atoms with Crippen molar-refractivity contribution in [3.05, 3.63) is 40.9 Å². The minimum Gasteiger partial charge on any atom is -0.456 e. The number of carbonyl (C=O) groups excluding carboxylic acids is 1. The average molecular weight is 308 g/mol. The Kier molecular flexibility index (Phi) is 5.43. The molecule has 1 saturated heterocycles. The van der Waals surface area contributed by atoms with E-state index in [9.17, 15) is 4.79 Å². The summed E-state index contributed by atoms with van der Waals surface area (Å²) >= 11 is 6.05. The van der Waals surface area contributed by atoms with Gasteiger partial charge in [-0.3, -0.25) is 0 Å². The molecule has 0 radical (unpaired) electrons. The second-order valence-corrected chi connectivity index (χ2v) is 6.31. The Balaban J connectivity index is 1.96. The molecule has 1 fully saturated rings. The lowest BCUT2D eigenvalue weighted by molar-refractivity contribution is -0.156. The van der Waals surface area contributed by atoms with Crippen molar-refractivity contribution in [2.24, 2.45) is 5.92 Å². The number of hydrogen-bond acceptors (Lipinski definition) is 3. The minimum absolute atomic E-state index is 0.321. The number of esters is 1. The molecule has 0 bridgehead atoms. The van der Waals surface area contributed by atoms with Crippen LogP contribution in [-0.2, 0) is 9.53 Å². The largest absolute Gasteiger partial charge is 0.456 e. The maximum absolute atomic E-state index is 12.0. The van der Waals surface area contributed by atoms with Crippen molar-refractivity contribution in [3.63, 3.8) is 0 Å². The van der Waals surface area contributed by atoms with Gasteiger partial charge in [0.1, 0.15) is 5.60 Å². The summed E-state index contributed by atoms with van der Waals surface area (Å²) in [5.41, 5.74) is 0.375. The molecule has 2 rings (SSSR count).